The normalized spacial score (nSPS) is 22.5. The number of nitrogens with one attached hydrogen (secondary N) is 1. The molecule has 1 aliphatic carbocycles. The molecule has 1 fully saturated rings. The minimum atomic E-state index is -0.355. The Morgan fingerprint density at radius 1 is 1.25 bits per heavy atom. The number of ether oxygens (including phenoxy) is 1. The van der Waals surface area contributed by atoms with Gasteiger partial charge in [0, 0.05) is 12.2 Å². The Balaban J connectivity index is 1.52. The molecule has 24 heavy (non-hydrogen) atoms. The van der Waals surface area contributed by atoms with Gasteiger partial charge in [-0.05, 0) is 43.0 Å². The van der Waals surface area contributed by atoms with Crippen molar-refractivity contribution in [3.05, 3.63) is 59.3 Å². The number of anilines is 1. The molecule has 2 heterocycles. The van der Waals surface area contributed by atoms with Crippen LogP contribution < -0.4 is 5.32 Å². The number of aryl methyl sites for hydroxylation is 2. The lowest BCUT2D eigenvalue weighted by molar-refractivity contribution is -0.100. The van der Waals surface area contributed by atoms with E-state index in [1.54, 1.807) is 0 Å². The molecule has 0 bridgehead atoms. The summed E-state index contributed by atoms with van der Waals surface area (Å²) in [7, 11) is 0. The van der Waals surface area contributed by atoms with E-state index in [1.165, 1.54) is 11.1 Å². The third-order valence-electron chi connectivity index (χ3n) is 4.90. The first-order valence-electron chi connectivity index (χ1n) is 8.38. The maximum atomic E-state index is 12.7. The van der Waals surface area contributed by atoms with Gasteiger partial charge in [0.1, 0.15) is 11.4 Å². The third kappa shape index (κ3) is 2.65. The summed E-state index contributed by atoms with van der Waals surface area (Å²) in [6.45, 7) is 3.65. The second-order valence-corrected chi connectivity index (χ2v) is 6.52. The molecule has 5 nitrogen and oxygen atoms in total. The predicted molar refractivity (Wildman–Crippen MR) is 92.0 cm³/mol. The van der Waals surface area contributed by atoms with Gasteiger partial charge in [-0.2, -0.15) is 0 Å². The lowest BCUT2D eigenvalue weighted by Gasteiger charge is -2.41. The molecule has 2 aliphatic rings. The highest BCUT2D eigenvalue weighted by atomic mass is 16.5. The highest BCUT2D eigenvalue weighted by Gasteiger charge is 2.44. The average molecular weight is 323 g/mol. The average Bonchev–Trinajstić information content (AvgIpc) is 2.94. The second-order valence-electron chi connectivity index (χ2n) is 6.52. The van der Waals surface area contributed by atoms with E-state index in [-0.39, 0.29) is 11.6 Å². The number of fused-ring (bicyclic) bond motifs is 2. The fourth-order valence-corrected chi connectivity index (χ4v) is 3.73. The van der Waals surface area contributed by atoms with Gasteiger partial charge in [-0.15, -0.1) is 0 Å². The number of benzene rings is 1. The Bertz CT molecular complexity index is 773. The summed E-state index contributed by atoms with van der Waals surface area (Å²) in [5.74, 6) is 0.590. The van der Waals surface area contributed by atoms with Crippen molar-refractivity contribution in [3.63, 3.8) is 0 Å². The first-order valence-corrected chi connectivity index (χ1v) is 8.38. The molecule has 0 unspecified atom stereocenters. The predicted octanol–water partition coefficient (Wildman–Crippen LogP) is 3.10. The number of aromatic nitrogens is 1. The topological polar surface area (TPSA) is 54.5 Å². The van der Waals surface area contributed by atoms with Gasteiger partial charge in [-0.1, -0.05) is 30.3 Å². The Morgan fingerprint density at radius 2 is 2.12 bits per heavy atom. The van der Waals surface area contributed by atoms with Crippen molar-refractivity contribution in [2.75, 3.05) is 25.0 Å². The zero-order valence-electron chi connectivity index (χ0n) is 13.8. The van der Waals surface area contributed by atoms with Gasteiger partial charge in [0.05, 0.1) is 13.2 Å². The molecule has 1 atom stereocenters. The lowest BCUT2D eigenvalue weighted by Crippen LogP contribution is -2.52. The summed E-state index contributed by atoms with van der Waals surface area (Å²) in [6.07, 6.45) is 1.93. The summed E-state index contributed by atoms with van der Waals surface area (Å²) in [5.41, 5.74) is 3.10. The fourth-order valence-electron chi connectivity index (χ4n) is 3.73. The number of rotatable bonds is 1. The van der Waals surface area contributed by atoms with Gasteiger partial charge in [0.25, 0.3) is 0 Å². The molecule has 2 amide bonds. The number of nitrogens with zero attached hydrogens (tertiary/aromatic N) is 2. The molecular formula is C19H21N3O2. The molecule has 1 aliphatic heterocycles. The summed E-state index contributed by atoms with van der Waals surface area (Å²) in [4.78, 5) is 18.8. The molecule has 1 spiro atoms. The van der Waals surface area contributed by atoms with Crippen LogP contribution in [0.2, 0.25) is 0 Å². The number of amides is 2. The van der Waals surface area contributed by atoms with Crippen molar-refractivity contribution < 1.29 is 9.53 Å². The zero-order chi connectivity index (χ0) is 16.6. The van der Waals surface area contributed by atoms with E-state index in [4.69, 9.17) is 4.74 Å². The van der Waals surface area contributed by atoms with Crippen LogP contribution in [0.3, 0.4) is 0 Å². The van der Waals surface area contributed by atoms with E-state index in [0.29, 0.717) is 25.5 Å². The van der Waals surface area contributed by atoms with Gasteiger partial charge >= 0.3 is 6.03 Å². The van der Waals surface area contributed by atoms with Gasteiger partial charge in [0.15, 0.2) is 0 Å². The summed E-state index contributed by atoms with van der Waals surface area (Å²) in [6, 6.07) is 13.9. The SMILES string of the molecule is Cc1cccc(NC(=O)N2CCO[C@]3(CCc4ccccc43)C2)n1. The molecule has 1 aromatic carbocycles. The van der Waals surface area contributed by atoms with E-state index in [9.17, 15) is 4.79 Å². The first kappa shape index (κ1) is 15.1. The monoisotopic (exact) mass is 323 g/mol. The number of hydrogen-bond donors (Lipinski definition) is 1. The molecule has 5 heteroatoms. The van der Waals surface area contributed by atoms with Crippen LogP contribution in [0.5, 0.6) is 0 Å². The molecule has 0 radical (unpaired) electrons. The molecule has 124 valence electrons. The summed E-state index contributed by atoms with van der Waals surface area (Å²) < 4.78 is 6.17. The Hall–Kier alpha value is -2.40. The maximum absolute atomic E-state index is 12.7. The van der Waals surface area contributed by atoms with Crippen LogP contribution in [0.1, 0.15) is 23.2 Å². The largest absolute Gasteiger partial charge is 0.367 e. The van der Waals surface area contributed by atoms with Crippen molar-refractivity contribution in [1.82, 2.24) is 9.88 Å². The van der Waals surface area contributed by atoms with Crippen LogP contribution in [-0.2, 0) is 16.8 Å². The van der Waals surface area contributed by atoms with E-state index < -0.39 is 0 Å². The van der Waals surface area contributed by atoms with E-state index in [0.717, 1.165) is 18.5 Å². The fraction of sp³-hybridized carbons (Fsp3) is 0.368. The molecular weight excluding hydrogens is 302 g/mol. The van der Waals surface area contributed by atoms with Crippen molar-refractivity contribution in [1.29, 1.82) is 0 Å². The molecule has 1 aromatic heterocycles. The molecule has 4 rings (SSSR count). The number of carbonyl (C=O) groups is 1. The van der Waals surface area contributed by atoms with Crippen LogP contribution in [0.25, 0.3) is 0 Å². The lowest BCUT2D eigenvalue weighted by atomic mass is 9.94. The van der Waals surface area contributed by atoms with Gasteiger partial charge in [-0.3, -0.25) is 5.32 Å². The maximum Gasteiger partial charge on any atom is 0.323 e. The van der Waals surface area contributed by atoms with Crippen LogP contribution in [-0.4, -0.2) is 35.6 Å². The Labute approximate surface area is 141 Å². The summed E-state index contributed by atoms with van der Waals surface area (Å²) in [5, 5.41) is 2.90. The summed E-state index contributed by atoms with van der Waals surface area (Å²) >= 11 is 0. The smallest absolute Gasteiger partial charge is 0.323 e. The van der Waals surface area contributed by atoms with Gasteiger partial charge in [-0.25, -0.2) is 9.78 Å². The van der Waals surface area contributed by atoms with Crippen LogP contribution in [0.4, 0.5) is 10.6 Å². The minimum absolute atomic E-state index is 0.111. The highest BCUT2D eigenvalue weighted by Crippen LogP contribution is 2.42. The van der Waals surface area contributed by atoms with Crippen molar-refractivity contribution in [3.8, 4) is 0 Å². The van der Waals surface area contributed by atoms with E-state index in [2.05, 4.69) is 28.5 Å². The van der Waals surface area contributed by atoms with Crippen LogP contribution >= 0.6 is 0 Å². The quantitative estimate of drug-likeness (QED) is 0.877. The molecule has 1 N–H and O–H groups in total. The Kier molecular flexibility index (Phi) is 3.73. The van der Waals surface area contributed by atoms with Gasteiger partial charge < -0.3 is 9.64 Å². The number of pyridine rings is 1. The number of urea groups is 1. The third-order valence-corrected chi connectivity index (χ3v) is 4.90. The Morgan fingerprint density at radius 3 is 3.00 bits per heavy atom. The van der Waals surface area contributed by atoms with Crippen LogP contribution in [0, 0.1) is 6.92 Å². The molecule has 1 saturated heterocycles. The second kappa shape index (κ2) is 5.91. The van der Waals surface area contributed by atoms with Crippen LogP contribution in [0.15, 0.2) is 42.5 Å². The number of morpholine rings is 1. The van der Waals surface area contributed by atoms with E-state index >= 15 is 0 Å². The number of hydrogen-bond acceptors (Lipinski definition) is 3. The minimum Gasteiger partial charge on any atom is -0.367 e. The van der Waals surface area contributed by atoms with Crippen molar-refractivity contribution in [2.45, 2.75) is 25.4 Å². The van der Waals surface area contributed by atoms with E-state index in [1.807, 2.05) is 36.1 Å². The zero-order valence-corrected chi connectivity index (χ0v) is 13.8. The van der Waals surface area contributed by atoms with Gasteiger partial charge in [0.2, 0.25) is 0 Å². The standard InChI is InChI=1S/C19H21N3O2/c1-14-5-4-8-17(20-14)21-18(23)22-11-12-24-19(13-22)10-9-15-6-2-3-7-16(15)19/h2-8H,9-13H2,1H3,(H,20,21,23)/t19-/m1/s1. The first-order chi connectivity index (χ1) is 11.7. The number of carbonyl (C=O) groups excluding carboxylic acids is 1. The molecule has 0 saturated carbocycles. The van der Waals surface area contributed by atoms with Crippen molar-refractivity contribution in [2.24, 2.45) is 0 Å². The van der Waals surface area contributed by atoms with Crippen molar-refractivity contribution >= 4 is 11.8 Å². The highest BCUT2D eigenvalue weighted by molar-refractivity contribution is 5.88. The molecule has 2 aromatic rings.